The maximum absolute atomic E-state index is 6.57. The molecule has 2 saturated heterocycles. The molecule has 4 heterocycles. The molecule has 2 aliphatic heterocycles. The number of aryl methyl sites for hydroxylation is 2. The Bertz CT molecular complexity index is 1660. The number of nitrogens with one attached hydrogen (secondary N) is 1. The second-order valence-electron chi connectivity index (χ2n) is 13.4. The minimum atomic E-state index is 0.0944. The third-order valence-electron chi connectivity index (χ3n) is 10.7. The average Bonchev–Trinajstić information content (AvgIpc) is 3.50. The summed E-state index contributed by atoms with van der Waals surface area (Å²) in [5.74, 6) is 0.818. The van der Waals surface area contributed by atoms with Gasteiger partial charge in [0.1, 0.15) is 12.4 Å². The summed E-state index contributed by atoms with van der Waals surface area (Å²) in [7, 11) is 7.42. The number of pyridine rings is 1. The van der Waals surface area contributed by atoms with Crippen molar-refractivity contribution in [1.82, 2.24) is 24.8 Å². The van der Waals surface area contributed by atoms with Crippen LogP contribution in [0.25, 0.3) is 32.9 Å². The SMILES string of the molecule is CCc1cccc2cccc(-c3ncc4c(NCC5(N(C)C)CCC5)nc(OC[C@@]56CCCN5C[C@H](P)C6)nc4c3C)c12. The highest BCUT2D eigenvalue weighted by atomic mass is 31.0. The Morgan fingerprint density at radius 3 is 2.65 bits per heavy atom. The van der Waals surface area contributed by atoms with Crippen LogP contribution in [0.2, 0.25) is 0 Å². The van der Waals surface area contributed by atoms with Crippen molar-refractivity contribution in [2.45, 2.75) is 75.5 Å². The predicted octanol–water partition coefficient (Wildman–Crippen LogP) is 6.47. The lowest BCUT2D eigenvalue weighted by Crippen LogP contribution is -2.54. The molecule has 43 heavy (non-hydrogen) atoms. The topological polar surface area (TPSA) is 66.4 Å². The Hall–Kier alpha value is -2.86. The van der Waals surface area contributed by atoms with E-state index < -0.39 is 0 Å². The molecule has 1 saturated carbocycles. The first kappa shape index (κ1) is 28.9. The lowest BCUT2D eigenvalue weighted by molar-refractivity contribution is 0.0738. The van der Waals surface area contributed by atoms with Crippen LogP contribution < -0.4 is 10.1 Å². The van der Waals surface area contributed by atoms with Gasteiger partial charge in [-0.15, -0.1) is 9.24 Å². The normalized spacial score (nSPS) is 23.2. The summed E-state index contributed by atoms with van der Waals surface area (Å²) in [6.07, 6.45) is 10.1. The van der Waals surface area contributed by atoms with Gasteiger partial charge in [0.25, 0.3) is 0 Å². The Labute approximate surface area is 258 Å². The van der Waals surface area contributed by atoms with E-state index in [1.54, 1.807) is 0 Å². The molecule has 0 amide bonds. The summed E-state index contributed by atoms with van der Waals surface area (Å²) >= 11 is 0. The van der Waals surface area contributed by atoms with Crippen LogP contribution in [0.15, 0.2) is 42.6 Å². The zero-order valence-electron chi connectivity index (χ0n) is 26.1. The van der Waals surface area contributed by atoms with Crippen LogP contribution in [0.4, 0.5) is 5.82 Å². The lowest BCUT2D eigenvalue weighted by atomic mass is 9.75. The van der Waals surface area contributed by atoms with Crippen LogP contribution in [0.5, 0.6) is 6.01 Å². The Balaban J connectivity index is 1.31. The van der Waals surface area contributed by atoms with Crippen LogP contribution in [-0.4, -0.2) is 81.8 Å². The first-order valence-corrected chi connectivity index (χ1v) is 16.7. The summed E-state index contributed by atoms with van der Waals surface area (Å²) in [5, 5.41) is 7.21. The second-order valence-corrected chi connectivity index (χ2v) is 14.3. The van der Waals surface area contributed by atoms with Gasteiger partial charge in [0.15, 0.2) is 0 Å². The second kappa shape index (κ2) is 11.3. The van der Waals surface area contributed by atoms with Gasteiger partial charge < -0.3 is 15.0 Å². The molecular formula is C35H45N6OP. The van der Waals surface area contributed by atoms with Crippen LogP contribution in [0, 0.1) is 6.92 Å². The average molecular weight is 597 g/mol. The minimum absolute atomic E-state index is 0.0944. The molecule has 4 aromatic rings. The Morgan fingerprint density at radius 1 is 1.09 bits per heavy atom. The first-order valence-electron chi connectivity index (χ1n) is 16.1. The molecule has 8 heteroatoms. The van der Waals surface area contributed by atoms with Gasteiger partial charge in [0.2, 0.25) is 0 Å². The van der Waals surface area contributed by atoms with Gasteiger partial charge in [-0.05, 0) is 94.5 Å². The number of nitrogens with zero attached hydrogens (tertiary/aromatic N) is 5. The standard InChI is InChI=1S/C35H45N6OP/c1-5-24-10-6-11-25-12-7-13-27(29(24)25)30-23(2)31-28(19-36-30)32(37-21-34(40(3)4)14-8-15-34)39-33(38-31)42-22-35-16-9-17-41(35)20-26(43)18-35/h6-7,10-13,19,26H,5,8-9,14-18,20-22,43H2,1-4H3,(H,37,38,39)/t26-,35+/m1/s1. The number of likely N-dealkylation sites (N-methyl/N-ethyl adjacent to an activating group) is 1. The third-order valence-corrected chi connectivity index (χ3v) is 11.2. The fraction of sp³-hybridized carbons (Fsp3) is 0.514. The molecule has 226 valence electrons. The van der Waals surface area contributed by atoms with E-state index in [1.807, 2.05) is 6.20 Å². The van der Waals surface area contributed by atoms with E-state index in [4.69, 9.17) is 19.7 Å². The van der Waals surface area contributed by atoms with E-state index in [2.05, 4.69) is 88.7 Å². The summed E-state index contributed by atoms with van der Waals surface area (Å²) in [6, 6.07) is 13.6. The van der Waals surface area contributed by atoms with Gasteiger partial charge in [-0.3, -0.25) is 9.88 Å². The van der Waals surface area contributed by atoms with Gasteiger partial charge in [0.05, 0.1) is 22.1 Å². The molecule has 3 atom stereocenters. The van der Waals surface area contributed by atoms with E-state index in [0.717, 1.165) is 66.0 Å². The van der Waals surface area contributed by atoms with Crippen molar-refractivity contribution in [3.8, 4) is 17.3 Å². The highest BCUT2D eigenvalue weighted by Gasteiger charge is 2.48. The third kappa shape index (κ3) is 4.98. The summed E-state index contributed by atoms with van der Waals surface area (Å²) < 4.78 is 6.57. The number of aromatic nitrogens is 3. The van der Waals surface area contributed by atoms with Gasteiger partial charge in [-0.2, -0.15) is 9.97 Å². The summed E-state index contributed by atoms with van der Waals surface area (Å²) in [6.45, 7) is 8.13. The molecule has 0 radical (unpaired) electrons. The van der Waals surface area contributed by atoms with Crippen molar-refractivity contribution >= 4 is 36.7 Å². The van der Waals surface area contributed by atoms with Gasteiger partial charge in [-0.25, -0.2) is 0 Å². The Morgan fingerprint density at radius 2 is 1.91 bits per heavy atom. The largest absolute Gasteiger partial charge is 0.461 e. The van der Waals surface area contributed by atoms with Gasteiger partial charge in [0, 0.05) is 36.0 Å². The van der Waals surface area contributed by atoms with Crippen molar-refractivity contribution < 1.29 is 4.74 Å². The van der Waals surface area contributed by atoms with Crippen LogP contribution >= 0.6 is 9.24 Å². The van der Waals surface area contributed by atoms with E-state index in [9.17, 15) is 0 Å². The first-order chi connectivity index (χ1) is 20.8. The van der Waals surface area contributed by atoms with Crippen LogP contribution in [-0.2, 0) is 6.42 Å². The summed E-state index contributed by atoms with van der Waals surface area (Å²) in [4.78, 5) is 20.2. The van der Waals surface area contributed by atoms with E-state index in [0.29, 0.717) is 18.3 Å². The van der Waals surface area contributed by atoms with Crippen molar-refractivity contribution in [2.75, 3.05) is 45.7 Å². The number of benzene rings is 2. The molecule has 3 fully saturated rings. The molecule has 2 aromatic carbocycles. The maximum Gasteiger partial charge on any atom is 0.319 e. The number of ether oxygens (including phenoxy) is 1. The Kier molecular flexibility index (Phi) is 7.56. The molecule has 2 aromatic heterocycles. The van der Waals surface area contributed by atoms with Gasteiger partial charge in [-0.1, -0.05) is 43.3 Å². The van der Waals surface area contributed by atoms with Crippen LogP contribution in [0.1, 0.15) is 56.6 Å². The highest BCUT2D eigenvalue weighted by Crippen LogP contribution is 2.42. The molecule has 3 aliphatic rings. The molecule has 1 N–H and O–H groups in total. The monoisotopic (exact) mass is 596 g/mol. The molecule has 1 aliphatic carbocycles. The zero-order valence-corrected chi connectivity index (χ0v) is 27.3. The molecule has 7 rings (SSSR count). The van der Waals surface area contributed by atoms with Crippen LogP contribution in [0.3, 0.4) is 0 Å². The minimum Gasteiger partial charge on any atom is -0.461 e. The van der Waals surface area contributed by atoms with Crippen molar-refractivity contribution in [3.05, 3.63) is 53.7 Å². The van der Waals surface area contributed by atoms with E-state index >= 15 is 0 Å². The van der Waals surface area contributed by atoms with E-state index in [1.165, 1.54) is 48.4 Å². The number of hydrogen-bond donors (Lipinski definition) is 1. The zero-order chi connectivity index (χ0) is 29.8. The van der Waals surface area contributed by atoms with E-state index in [-0.39, 0.29) is 11.1 Å². The smallest absolute Gasteiger partial charge is 0.319 e. The lowest BCUT2D eigenvalue weighted by Gasteiger charge is -2.47. The van der Waals surface area contributed by atoms with Crippen molar-refractivity contribution in [3.63, 3.8) is 0 Å². The number of fused-ring (bicyclic) bond motifs is 3. The quantitative estimate of drug-likeness (QED) is 0.222. The molecule has 7 nitrogen and oxygen atoms in total. The highest BCUT2D eigenvalue weighted by molar-refractivity contribution is 7.17. The predicted molar refractivity (Wildman–Crippen MR) is 180 cm³/mol. The maximum atomic E-state index is 6.57. The fourth-order valence-corrected chi connectivity index (χ4v) is 8.65. The number of rotatable bonds is 9. The molecule has 0 spiro atoms. The number of hydrogen-bond acceptors (Lipinski definition) is 7. The fourth-order valence-electron chi connectivity index (χ4n) is 7.96. The van der Waals surface area contributed by atoms with Crippen molar-refractivity contribution in [2.24, 2.45) is 0 Å². The van der Waals surface area contributed by atoms with Gasteiger partial charge >= 0.3 is 6.01 Å². The molecule has 0 bridgehead atoms. The van der Waals surface area contributed by atoms with Crippen molar-refractivity contribution in [1.29, 1.82) is 0 Å². The summed E-state index contributed by atoms with van der Waals surface area (Å²) in [5.41, 5.74) is 6.30. The molecular weight excluding hydrogens is 551 g/mol. The number of anilines is 1. The molecule has 1 unspecified atom stereocenters.